The number of hydrogen-bond donors (Lipinski definition) is 2. The Morgan fingerprint density at radius 1 is 0.857 bits per heavy atom. The summed E-state index contributed by atoms with van der Waals surface area (Å²) in [7, 11) is 0. The molecule has 5 fully saturated rings. The molecule has 196 valence electrons. The molecule has 9 heteroatoms. The van der Waals surface area contributed by atoms with E-state index in [1.807, 2.05) is 0 Å². The van der Waals surface area contributed by atoms with E-state index in [1.165, 1.54) is 19.3 Å². The van der Waals surface area contributed by atoms with Crippen molar-refractivity contribution in [3.05, 3.63) is 0 Å². The first kappa shape index (κ1) is 25.8. The van der Waals surface area contributed by atoms with Crippen LogP contribution in [0.4, 0.5) is 4.79 Å². The van der Waals surface area contributed by atoms with E-state index >= 15 is 0 Å². The zero-order valence-electron chi connectivity index (χ0n) is 21.6. The molecule has 1 saturated heterocycles. The molecule has 0 aromatic heterocycles. The number of nitrogens with zero attached hydrogens (tertiary/aromatic N) is 2. The molecule has 1 aliphatic heterocycles. The molecule has 0 unspecified atom stereocenters. The van der Waals surface area contributed by atoms with Crippen LogP contribution >= 0.6 is 0 Å². The van der Waals surface area contributed by atoms with Crippen LogP contribution in [0.25, 0.3) is 0 Å². The van der Waals surface area contributed by atoms with Gasteiger partial charge in [-0.2, -0.15) is 0 Å². The zero-order chi connectivity index (χ0) is 25.2. The lowest BCUT2D eigenvalue weighted by atomic mass is 9.53. The second-order valence-electron chi connectivity index (χ2n) is 12.2. The Bertz CT molecular complexity index is 793. The van der Waals surface area contributed by atoms with E-state index in [4.69, 9.17) is 4.74 Å². The van der Waals surface area contributed by atoms with Crippen LogP contribution in [0.2, 0.25) is 0 Å². The first-order valence-corrected chi connectivity index (χ1v) is 13.3. The van der Waals surface area contributed by atoms with Gasteiger partial charge in [-0.05, 0) is 83.5 Å². The summed E-state index contributed by atoms with van der Waals surface area (Å²) in [6, 6.07) is 0. The van der Waals surface area contributed by atoms with E-state index in [2.05, 4.69) is 10.6 Å². The Balaban J connectivity index is 1.12. The van der Waals surface area contributed by atoms with Gasteiger partial charge in [0.2, 0.25) is 17.7 Å². The van der Waals surface area contributed by atoms with Gasteiger partial charge in [0.05, 0.1) is 0 Å². The Morgan fingerprint density at radius 2 is 1.37 bits per heavy atom. The number of nitrogens with one attached hydrogen (secondary N) is 2. The quantitative estimate of drug-likeness (QED) is 0.421. The molecule has 4 aliphatic carbocycles. The molecule has 0 aromatic rings. The fourth-order valence-corrected chi connectivity index (χ4v) is 6.96. The molecule has 2 N–H and O–H groups in total. The molecule has 4 amide bonds. The van der Waals surface area contributed by atoms with Gasteiger partial charge in [0.25, 0.3) is 0 Å². The average molecular weight is 491 g/mol. The number of carbonyl (C=O) groups is 4. The molecule has 1 heterocycles. The van der Waals surface area contributed by atoms with E-state index in [-0.39, 0.29) is 29.7 Å². The van der Waals surface area contributed by atoms with E-state index < -0.39 is 11.7 Å². The minimum Gasteiger partial charge on any atom is -0.444 e. The average Bonchev–Trinajstić information content (AvgIpc) is 2.74. The second-order valence-corrected chi connectivity index (χ2v) is 12.2. The zero-order valence-corrected chi connectivity index (χ0v) is 21.6. The molecule has 0 radical (unpaired) electrons. The van der Waals surface area contributed by atoms with Crippen molar-refractivity contribution in [2.75, 3.05) is 32.7 Å². The van der Waals surface area contributed by atoms with Crippen LogP contribution in [0.1, 0.15) is 78.6 Å². The smallest absolute Gasteiger partial charge is 0.407 e. The summed E-state index contributed by atoms with van der Waals surface area (Å²) >= 11 is 0. The first-order valence-electron chi connectivity index (χ1n) is 13.3. The molecule has 9 nitrogen and oxygen atoms in total. The van der Waals surface area contributed by atoms with Gasteiger partial charge in [0.1, 0.15) is 12.0 Å². The molecule has 5 rings (SSSR count). The maximum absolute atomic E-state index is 12.8. The van der Waals surface area contributed by atoms with Crippen LogP contribution in [0.5, 0.6) is 0 Å². The van der Waals surface area contributed by atoms with Crippen molar-refractivity contribution in [1.29, 1.82) is 0 Å². The predicted octanol–water partition coefficient (Wildman–Crippen LogP) is 2.44. The van der Waals surface area contributed by atoms with Gasteiger partial charge >= 0.3 is 6.09 Å². The number of amides is 4. The normalized spacial score (nSPS) is 29.6. The Labute approximate surface area is 208 Å². The highest BCUT2D eigenvalue weighted by molar-refractivity contribution is 5.97. The highest BCUT2D eigenvalue weighted by Gasteiger charge is 2.51. The van der Waals surface area contributed by atoms with Crippen molar-refractivity contribution in [2.45, 2.75) is 89.7 Å². The Morgan fingerprint density at radius 3 is 1.89 bits per heavy atom. The number of carbonyl (C=O) groups excluding carboxylic acids is 4. The highest BCUT2D eigenvalue weighted by atomic mass is 16.6. The molecule has 0 atom stereocenters. The summed E-state index contributed by atoms with van der Waals surface area (Å²) in [5.41, 5.74) is -0.623. The van der Waals surface area contributed by atoms with Crippen molar-refractivity contribution in [1.82, 2.24) is 20.4 Å². The standard InChI is InChI=1S/C26H42N4O5/c1-25(2,3)35-24(34)27-6-4-5-22(32)29-7-9-30(10-8-29)23(33)14-21(31)28-26-15-18-11-19(16-26)13-20(12-18)17-26/h18-20H,4-17H2,1-3H3,(H,27,34)(H,28,31). The van der Waals surface area contributed by atoms with Gasteiger partial charge in [-0.25, -0.2) is 4.79 Å². The second kappa shape index (κ2) is 10.3. The van der Waals surface area contributed by atoms with E-state index in [0.717, 1.165) is 37.0 Å². The van der Waals surface area contributed by atoms with Gasteiger partial charge in [0, 0.05) is 44.7 Å². The maximum Gasteiger partial charge on any atom is 0.407 e. The van der Waals surface area contributed by atoms with Gasteiger partial charge in [-0.1, -0.05) is 0 Å². The largest absolute Gasteiger partial charge is 0.444 e. The lowest BCUT2D eigenvalue weighted by molar-refractivity contribution is -0.143. The fraction of sp³-hybridized carbons (Fsp3) is 0.846. The van der Waals surface area contributed by atoms with Crippen molar-refractivity contribution in [3.8, 4) is 0 Å². The van der Waals surface area contributed by atoms with Gasteiger partial charge in [-0.15, -0.1) is 0 Å². The van der Waals surface area contributed by atoms with Crippen LogP contribution in [0.3, 0.4) is 0 Å². The molecule has 4 bridgehead atoms. The molecule has 4 saturated carbocycles. The summed E-state index contributed by atoms with van der Waals surface area (Å²) in [4.78, 5) is 53.1. The third-order valence-corrected chi connectivity index (χ3v) is 7.98. The van der Waals surface area contributed by atoms with E-state index in [0.29, 0.717) is 45.6 Å². The summed E-state index contributed by atoms with van der Waals surface area (Å²) in [5, 5.41) is 5.94. The van der Waals surface area contributed by atoms with Gasteiger partial charge in [0.15, 0.2) is 0 Å². The number of ether oxygens (including phenoxy) is 1. The van der Waals surface area contributed by atoms with Crippen molar-refractivity contribution >= 4 is 23.8 Å². The molecule has 0 aromatic carbocycles. The minimum atomic E-state index is -0.549. The number of rotatable bonds is 7. The van der Waals surface area contributed by atoms with Gasteiger partial charge in [-0.3, -0.25) is 14.4 Å². The SMILES string of the molecule is CC(C)(C)OC(=O)NCCCC(=O)N1CCN(C(=O)CC(=O)NC23CC4CC(CC(C4)C2)C3)CC1. The van der Waals surface area contributed by atoms with E-state index in [1.54, 1.807) is 30.6 Å². The van der Waals surface area contributed by atoms with Gasteiger partial charge < -0.3 is 25.2 Å². The lowest BCUT2D eigenvalue weighted by Gasteiger charge is -2.56. The Kier molecular flexibility index (Phi) is 7.62. The molecule has 35 heavy (non-hydrogen) atoms. The fourth-order valence-electron chi connectivity index (χ4n) is 6.96. The van der Waals surface area contributed by atoms with Crippen LogP contribution in [-0.4, -0.2) is 77.5 Å². The van der Waals surface area contributed by atoms with Crippen molar-refractivity contribution < 1.29 is 23.9 Å². The molecular formula is C26H42N4O5. The highest BCUT2D eigenvalue weighted by Crippen LogP contribution is 2.55. The number of alkyl carbamates (subject to hydrolysis) is 1. The molecule has 5 aliphatic rings. The third-order valence-electron chi connectivity index (χ3n) is 7.98. The molecule has 0 spiro atoms. The lowest BCUT2D eigenvalue weighted by Crippen LogP contribution is -2.60. The first-order chi connectivity index (χ1) is 16.5. The molecular weight excluding hydrogens is 448 g/mol. The van der Waals surface area contributed by atoms with Crippen LogP contribution < -0.4 is 10.6 Å². The minimum absolute atomic E-state index is 0.0163. The van der Waals surface area contributed by atoms with Crippen LogP contribution in [-0.2, 0) is 19.1 Å². The summed E-state index contributed by atoms with van der Waals surface area (Å²) in [6.45, 7) is 7.62. The van der Waals surface area contributed by atoms with Crippen molar-refractivity contribution in [3.63, 3.8) is 0 Å². The third kappa shape index (κ3) is 6.88. The summed E-state index contributed by atoms with van der Waals surface area (Å²) in [6.07, 6.45) is 7.45. The van der Waals surface area contributed by atoms with Crippen LogP contribution in [0, 0.1) is 17.8 Å². The summed E-state index contributed by atoms with van der Waals surface area (Å²) in [5.74, 6) is 1.96. The number of piperazine rings is 1. The predicted molar refractivity (Wildman–Crippen MR) is 130 cm³/mol. The monoisotopic (exact) mass is 490 g/mol. The Hall–Kier alpha value is -2.32. The van der Waals surface area contributed by atoms with Crippen LogP contribution in [0.15, 0.2) is 0 Å². The number of hydrogen-bond acceptors (Lipinski definition) is 5. The van der Waals surface area contributed by atoms with Crippen molar-refractivity contribution in [2.24, 2.45) is 17.8 Å². The maximum atomic E-state index is 12.8. The summed E-state index contributed by atoms with van der Waals surface area (Å²) < 4.78 is 5.18. The van der Waals surface area contributed by atoms with E-state index in [9.17, 15) is 19.2 Å². The topological polar surface area (TPSA) is 108 Å².